The largest absolute Gasteiger partial charge is 0.322 e. The lowest BCUT2D eigenvalue weighted by Gasteiger charge is -2.12. The molecule has 8 heteroatoms. The number of hydrazine groups is 1. The van der Waals surface area contributed by atoms with Crippen LogP contribution in [0.3, 0.4) is 0 Å². The van der Waals surface area contributed by atoms with Gasteiger partial charge < -0.3 is 10.4 Å². The van der Waals surface area contributed by atoms with Gasteiger partial charge in [0.05, 0.1) is 16.1 Å². The number of hydrogen-bond acceptors (Lipinski definition) is 6. The smallest absolute Gasteiger partial charge is 0.248 e. The van der Waals surface area contributed by atoms with E-state index in [1.165, 1.54) is 6.07 Å². The zero-order valence-corrected chi connectivity index (χ0v) is 16.9. The van der Waals surface area contributed by atoms with E-state index >= 15 is 0 Å². The van der Waals surface area contributed by atoms with Crippen LogP contribution in [-0.2, 0) is 13.0 Å². The fourth-order valence-corrected chi connectivity index (χ4v) is 4.83. The van der Waals surface area contributed by atoms with Crippen LogP contribution in [0.15, 0.2) is 64.5 Å². The molecule has 1 atom stereocenters. The number of hydrogen-bond donors (Lipinski definition) is 4. The molecular weight excluding hydrogens is 406 g/mol. The van der Waals surface area contributed by atoms with Crippen molar-refractivity contribution in [2.24, 2.45) is 5.10 Å². The standard InChI is InChI=1S/C21H18ClN5OS/c22-20-13(7-8-17-15(20)11-23-25-17)10-19-26-27-21(29-19)14-4-1-3-12(9-14)16-5-2-6-18(28)24-16/h1-9,19,23,25-26H,10-11H2,(H,24,28). The highest BCUT2D eigenvalue weighted by molar-refractivity contribution is 8.15. The van der Waals surface area contributed by atoms with Gasteiger partial charge in [-0.2, -0.15) is 5.10 Å². The molecular formula is C21H18ClN5OS. The lowest BCUT2D eigenvalue weighted by Crippen LogP contribution is -2.19. The number of benzene rings is 2. The van der Waals surface area contributed by atoms with Gasteiger partial charge in [0.1, 0.15) is 5.04 Å². The molecule has 0 radical (unpaired) electrons. The highest BCUT2D eigenvalue weighted by atomic mass is 35.5. The molecule has 0 amide bonds. The molecule has 2 aliphatic rings. The van der Waals surface area contributed by atoms with Crippen LogP contribution in [-0.4, -0.2) is 15.4 Å². The minimum Gasteiger partial charge on any atom is -0.322 e. The molecule has 3 aromatic rings. The number of nitrogens with one attached hydrogen (secondary N) is 4. The molecule has 5 rings (SSSR count). The summed E-state index contributed by atoms with van der Waals surface area (Å²) in [5.74, 6) is 0. The van der Waals surface area contributed by atoms with Gasteiger partial charge in [-0.3, -0.25) is 10.2 Å². The number of nitrogens with zero attached hydrogens (tertiary/aromatic N) is 1. The Hall–Kier alpha value is -2.74. The van der Waals surface area contributed by atoms with Crippen LogP contribution < -0.4 is 21.8 Å². The van der Waals surface area contributed by atoms with Crippen molar-refractivity contribution < 1.29 is 0 Å². The molecule has 0 spiro atoms. The van der Waals surface area contributed by atoms with Gasteiger partial charge in [-0.05, 0) is 29.3 Å². The van der Waals surface area contributed by atoms with E-state index in [0.29, 0.717) is 0 Å². The number of pyridine rings is 1. The van der Waals surface area contributed by atoms with Crippen molar-refractivity contribution in [2.45, 2.75) is 18.3 Å². The third-order valence-electron chi connectivity index (χ3n) is 4.97. The predicted octanol–water partition coefficient (Wildman–Crippen LogP) is 3.69. The number of aromatic amines is 1. The van der Waals surface area contributed by atoms with Crippen LogP contribution in [0.1, 0.15) is 16.7 Å². The van der Waals surface area contributed by atoms with E-state index in [1.807, 2.05) is 30.3 Å². The third kappa shape index (κ3) is 3.64. The van der Waals surface area contributed by atoms with Crippen molar-refractivity contribution in [3.63, 3.8) is 0 Å². The van der Waals surface area contributed by atoms with E-state index in [0.717, 1.165) is 56.7 Å². The molecule has 4 N–H and O–H groups in total. The van der Waals surface area contributed by atoms with Crippen LogP contribution in [0.4, 0.5) is 5.69 Å². The molecule has 2 aliphatic heterocycles. The monoisotopic (exact) mass is 423 g/mol. The second kappa shape index (κ2) is 7.59. The van der Waals surface area contributed by atoms with Crippen molar-refractivity contribution in [1.29, 1.82) is 0 Å². The lowest BCUT2D eigenvalue weighted by molar-refractivity contribution is 0.698. The average molecular weight is 424 g/mol. The first kappa shape index (κ1) is 18.3. The number of fused-ring (bicyclic) bond motifs is 1. The Bertz CT molecular complexity index is 1180. The SMILES string of the molecule is O=c1cccc(-c2cccc(C3=NNC(Cc4ccc5c(c4Cl)CNN5)S3)c2)[nH]1. The fourth-order valence-electron chi connectivity index (χ4n) is 3.52. The van der Waals surface area contributed by atoms with Gasteiger partial charge in [0.2, 0.25) is 5.56 Å². The van der Waals surface area contributed by atoms with Crippen molar-refractivity contribution in [3.05, 3.63) is 86.7 Å². The van der Waals surface area contributed by atoms with Gasteiger partial charge in [-0.1, -0.05) is 53.7 Å². The molecule has 29 heavy (non-hydrogen) atoms. The number of anilines is 1. The van der Waals surface area contributed by atoms with E-state index in [9.17, 15) is 4.79 Å². The summed E-state index contributed by atoms with van der Waals surface area (Å²) < 4.78 is 0. The normalized spacial score (nSPS) is 17.4. The average Bonchev–Trinajstić information content (AvgIpc) is 3.40. The summed E-state index contributed by atoms with van der Waals surface area (Å²) in [7, 11) is 0. The van der Waals surface area contributed by atoms with Crippen molar-refractivity contribution in [2.75, 3.05) is 5.43 Å². The van der Waals surface area contributed by atoms with E-state index in [2.05, 4.69) is 38.5 Å². The van der Waals surface area contributed by atoms with E-state index in [1.54, 1.807) is 17.8 Å². The molecule has 6 nitrogen and oxygen atoms in total. The van der Waals surface area contributed by atoms with Crippen LogP contribution >= 0.6 is 23.4 Å². The van der Waals surface area contributed by atoms with Gasteiger partial charge in [0, 0.05) is 35.9 Å². The highest BCUT2D eigenvalue weighted by Crippen LogP contribution is 2.34. The van der Waals surface area contributed by atoms with Crippen molar-refractivity contribution in [3.8, 4) is 11.3 Å². The Balaban J connectivity index is 1.33. The quantitative estimate of drug-likeness (QED) is 0.514. The number of thioether (sulfide) groups is 1. The molecule has 0 saturated heterocycles. The van der Waals surface area contributed by atoms with Crippen LogP contribution in [0.2, 0.25) is 5.02 Å². The summed E-state index contributed by atoms with van der Waals surface area (Å²) in [6.07, 6.45) is 0.773. The fraction of sp³-hybridized carbons (Fsp3) is 0.143. The zero-order chi connectivity index (χ0) is 19.8. The molecule has 0 aliphatic carbocycles. The number of halogens is 1. The van der Waals surface area contributed by atoms with Crippen LogP contribution in [0.25, 0.3) is 11.3 Å². The van der Waals surface area contributed by atoms with E-state index in [-0.39, 0.29) is 10.9 Å². The van der Waals surface area contributed by atoms with E-state index in [4.69, 9.17) is 11.6 Å². The summed E-state index contributed by atoms with van der Waals surface area (Å²) in [5.41, 5.74) is 15.3. The number of H-pyrrole nitrogens is 1. The number of hydrazone groups is 1. The lowest BCUT2D eigenvalue weighted by atomic mass is 10.1. The Labute approximate surface area is 176 Å². The summed E-state index contributed by atoms with van der Waals surface area (Å²) in [5, 5.41) is 6.38. The van der Waals surface area contributed by atoms with Gasteiger partial charge in [0.15, 0.2) is 0 Å². The van der Waals surface area contributed by atoms with Crippen molar-refractivity contribution >= 4 is 34.1 Å². The molecule has 2 aromatic carbocycles. The zero-order valence-electron chi connectivity index (χ0n) is 15.3. The summed E-state index contributed by atoms with van der Waals surface area (Å²) in [4.78, 5) is 14.5. The topological polar surface area (TPSA) is 81.3 Å². The molecule has 0 fully saturated rings. The second-order valence-electron chi connectivity index (χ2n) is 6.91. The van der Waals surface area contributed by atoms with Gasteiger partial charge in [0.25, 0.3) is 0 Å². The third-order valence-corrected chi connectivity index (χ3v) is 6.55. The highest BCUT2D eigenvalue weighted by Gasteiger charge is 2.24. The summed E-state index contributed by atoms with van der Waals surface area (Å²) >= 11 is 8.29. The maximum absolute atomic E-state index is 11.6. The first-order valence-electron chi connectivity index (χ1n) is 9.26. The minimum absolute atomic E-state index is 0.112. The Kier molecular flexibility index (Phi) is 4.79. The summed E-state index contributed by atoms with van der Waals surface area (Å²) in [6, 6.07) is 17.3. The molecule has 1 aromatic heterocycles. The van der Waals surface area contributed by atoms with Gasteiger partial charge in [-0.15, -0.1) is 0 Å². The first-order valence-corrected chi connectivity index (χ1v) is 10.5. The Morgan fingerprint density at radius 3 is 2.86 bits per heavy atom. The molecule has 1 unspecified atom stereocenters. The van der Waals surface area contributed by atoms with Crippen LogP contribution in [0.5, 0.6) is 0 Å². The minimum atomic E-state index is -0.112. The second-order valence-corrected chi connectivity index (χ2v) is 8.48. The maximum atomic E-state index is 11.6. The Morgan fingerprint density at radius 2 is 1.97 bits per heavy atom. The summed E-state index contributed by atoms with van der Waals surface area (Å²) in [6.45, 7) is 0.726. The van der Waals surface area contributed by atoms with Crippen molar-refractivity contribution in [1.82, 2.24) is 15.8 Å². The molecule has 0 saturated carbocycles. The maximum Gasteiger partial charge on any atom is 0.248 e. The number of rotatable bonds is 4. The predicted molar refractivity (Wildman–Crippen MR) is 119 cm³/mol. The van der Waals surface area contributed by atoms with Crippen LogP contribution in [0, 0.1) is 0 Å². The molecule has 0 bridgehead atoms. The number of aromatic nitrogens is 1. The van der Waals surface area contributed by atoms with E-state index < -0.39 is 0 Å². The molecule has 3 heterocycles. The van der Waals surface area contributed by atoms with Gasteiger partial charge >= 0.3 is 0 Å². The molecule has 146 valence electrons. The Morgan fingerprint density at radius 1 is 1.10 bits per heavy atom. The van der Waals surface area contributed by atoms with Gasteiger partial charge in [-0.25, -0.2) is 5.43 Å². The first-order chi connectivity index (χ1) is 14.2.